The standard InChI is InChI=1S/C21H23F3N6S/c1-13-11-29(8-9-30(13)12-21(22,23)24)19-17-14-4-2-3-5-16(14)31-20(17)28-18(27-19)15-10-25-6-7-26-15/h6-7,10,13H,2-5,8-9,11-12H2,1H3. The minimum absolute atomic E-state index is 0.227. The molecule has 1 aliphatic heterocycles. The Hall–Kier alpha value is -2.33. The summed E-state index contributed by atoms with van der Waals surface area (Å²) in [5, 5.41) is 1.07. The molecular weight excluding hydrogens is 425 g/mol. The zero-order chi connectivity index (χ0) is 21.6. The van der Waals surface area contributed by atoms with Crippen LogP contribution < -0.4 is 4.90 Å². The summed E-state index contributed by atoms with van der Waals surface area (Å²) in [4.78, 5) is 24.1. The molecule has 1 saturated heterocycles. The minimum atomic E-state index is -4.19. The Morgan fingerprint density at radius 2 is 1.97 bits per heavy atom. The van der Waals surface area contributed by atoms with Crippen LogP contribution in [0, 0.1) is 0 Å². The lowest BCUT2D eigenvalue weighted by Crippen LogP contribution is -2.54. The van der Waals surface area contributed by atoms with Gasteiger partial charge in [0.15, 0.2) is 5.82 Å². The van der Waals surface area contributed by atoms with Gasteiger partial charge in [-0.2, -0.15) is 13.2 Å². The van der Waals surface area contributed by atoms with Crippen LogP contribution in [0.1, 0.15) is 30.2 Å². The van der Waals surface area contributed by atoms with Crippen LogP contribution in [-0.4, -0.2) is 63.2 Å². The Bertz CT molecular complexity index is 1080. The second-order valence-corrected chi connectivity index (χ2v) is 9.32. The molecule has 3 aromatic rings. The van der Waals surface area contributed by atoms with Gasteiger partial charge in [-0.05, 0) is 38.2 Å². The molecule has 0 radical (unpaired) electrons. The lowest BCUT2D eigenvalue weighted by atomic mass is 9.96. The molecule has 4 heterocycles. The molecule has 0 saturated carbocycles. The fraction of sp³-hybridized carbons (Fsp3) is 0.524. The first-order chi connectivity index (χ1) is 14.9. The molecule has 0 amide bonds. The van der Waals surface area contributed by atoms with Crippen LogP contribution in [-0.2, 0) is 12.8 Å². The SMILES string of the molecule is CC1CN(c2nc(-c3cnccn3)nc3sc4c(c23)CCCC4)CCN1CC(F)(F)F. The van der Waals surface area contributed by atoms with Crippen molar-refractivity contribution in [2.24, 2.45) is 0 Å². The smallest absolute Gasteiger partial charge is 0.353 e. The predicted octanol–water partition coefficient (Wildman–Crippen LogP) is 4.10. The highest BCUT2D eigenvalue weighted by molar-refractivity contribution is 7.19. The van der Waals surface area contributed by atoms with Gasteiger partial charge in [0.05, 0.1) is 18.1 Å². The van der Waals surface area contributed by atoms with E-state index in [2.05, 4.69) is 14.9 Å². The summed E-state index contributed by atoms with van der Waals surface area (Å²) >= 11 is 1.71. The van der Waals surface area contributed by atoms with E-state index < -0.39 is 12.7 Å². The van der Waals surface area contributed by atoms with Gasteiger partial charge in [-0.25, -0.2) is 15.0 Å². The summed E-state index contributed by atoms with van der Waals surface area (Å²) in [6, 6.07) is -0.227. The number of aromatic nitrogens is 4. The minimum Gasteiger partial charge on any atom is -0.353 e. The summed E-state index contributed by atoms with van der Waals surface area (Å²) in [7, 11) is 0. The van der Waals surface area contributed by atoms with E-state index in [1.807, 2.05) is 6.92 Å². The van der Waals surface area contributed by atoms with Crippen molar-refractivity contribution in [1.82, 2.24) is 24.8 Å². The van der Waals surface area contributed by atoms with E-state index >= 15 is 0 Å². The van der Waals surface area contributed by atoms with Crippen molar-refractivity contribution in [3.05, 3.63) is 29.0 Å². The molecule has 0 aromatic carbocycles. The maximum absolute atomic E-state index is 12.9. The number of alkyl halides is 3. The molecule has 6 nitrogen and oxygen atoms in total. The summed E-state index contributed by atoms with van der Waals surface area (Å²) in [6.07, 6.45) is 5.03. The Labute approximate surface area is 182 Å². The van der Waals surface area contributed by atoms with Gasteiger partial charge >= 0.3 is 6.18 Å². The number of piperazine rings is 1. The highest BCUT2D eigenvalue weighted by Crippen LogP contribution is 2.41. The fourth-order valence-electron chi connectivity index (χ4n) is 4.55. The molecule has 0 bridgehead atoms. The van der Waals surface area contributed by atoms with Gasteiger partial charge in [0.1, 0.15) is 16.3 Å². The summed E-state index contributed by atoms with van der Waals surface area (Å²) in [5.74, 6) is 1.34. The molecule has 1 unspecified atom stereocenters. The van der Waals surface area contributed by atoms with Crippen LogP contribution in [0.2, 0.25) is 0 Å². The van der Waals surface area contributed by atoms with Gasteiger partial charge in [-0.1, -0.05) is 0 Å². The van der Waals surface area contributed by atoms with Crippen LogP contribution in [0.5, 0.6) is 0 Å². The second-order valence-electron chi connectivity index (χ2n) is 8.23. The van der Waals surface area contributed by atoms with E-state index in [4.69, 9.17) is 9.97 Å². The third kappa shape index (κ3) is 4.10. The van der Waals surface area contributed by atoms with Gasteiger partial charge in [0.2, 0.25) is 0 Å². The second kappa shape index (κ2) is 7.98. The normalized spacial score (nSPS) is 20.3. The first kappa shape index (κ1) is 20.6. The molecule has 0 N–H and O–H groups in total. The van der Waals surface area contributed by atoms with Crippen LogP contribution >= 0.6 is 11.3 Å². The number of thiophene rings is 1. The third-order valence-corrected chi connectivity index (χ3v) is 7.22. The predicted molar refractivity (Wildman–Crippen MR) is 114 cm³/mol. The maximum Gasteiger partial charge on any atom is 0.401 e. The largest absolute Gasteiger partial charge is 0.401 e. The van der Waals surface area contributed by atoms with Gasteiger partial charge in [0.25, 0.3) is 0 Å². The average Bonchev–Trinajstić information content (AvgIpc) is 3.13. The number of fused-ring (bicyclic) bond motifs is 3. The number of hydrogen-bond donors (Lipinski definition) is 0. The number of hydrogen-bond acceptors (Lipinski definition) is 7. The van der Waals surface area contributed by atoms with Crippen LogP contribution in [0.25, 0.3) is 21.7 Å². The highest BCUT2D eigenvalue weighted by Gasteiger charge is 2.36. The van der Waals surface area contributed by atoms with Crippen molar-refractivity contribution in [3.8, 4) is 11.5 Å². The zero-order valence-corrected chi connectivity index (χ0v) is 18.0. The van der Waals surface area contributed by atoms with Gasteiger partial charge in [-0.15, -0.1) is 11.3 Å². The number of anilines is 1. The van der Waals surface area contributed by atoms with Crippen molar-refractivity contribution in [3.63, 3.8) is 0 Å². The lowest BCUT2D eigenvalue weighted by Gasteiger charge is -2.40. The molecule has 2 aliphatic rings. The van der Waals surface area contributed by atoms with Crippen molar-refractivity contribution < 1.29 is 13.2 Å². The fourth-order valence-corrected chi connectivity index (χ4v) is 5.80. The summed E-state index contributed by atoms with van der Waals surface area (Å²) < 4.78 is 38.8. The summed E-state index contributed by atoms with van der Waals surface area (Å²) in [6.45, 7) is 2.31. The molecule has 0 spiro atoms. The highest BCUT2D eigenvalue weighted by atomic mass is 32.1. The van der Waals surface area contributed by atoms with E-state index in [1.165, 1.54) is 21.8 Å². The van der Waals surface area contributed by atoms with Crippen LogP contribution in [0.15, 0.2) is 18.6 Å². The Morgan fingerprint density at radius 3 is 2.71 bits per heavy atom. The molecule has 3 aromatic heterocycles. The number of rotatable bonds is 3. The van der Waals surface area contributed by atoms with Crippen molar-refractivity contribution in [2.75, 3.05) is 31.1 Å². The molecule has 164 valence electrons. The van der Waals surface area contributed by atoms with Gasteiger partial charge in [-0.3, -0.25) is 9.88 Å². The monoisotopic (exact) mass is 448 g/mol. The van der Waals surface area contributed by atoms with E-state index in [-0.39, 0.29) is 6.04 Å². The van der Waals surface area contributed by atoms with Crippen LogP contribution in [0.4, 0.5) is 19.0 Å². The molecule has 10 heteroatoms. The molecule has 1 fully saturated rings. The quantitative estimate of drug-likeness (QED) is 0.601. The van der Waals surface area contributed by atoms with Crippen molar-refractivity contribution in [1.29, 1.82) is 0 Å². The number of nitrogens with zero attached hydrogens (tertiary/aromatic N) is 6. The molecule has 1 aliphatic carbocycles. The van der Waals surface area contributed by atoms with E-state index in [1.54, 1.807) is 29.9 Å². The zero-order valence-electron chi connectivity index (χ0n) is 17.2. The topological polar surface area (TPSA) is 58.0 Å². The molecule has 31 heavy (non-hydrogen) atoms. The van der Waals surface area contributed by atoms with Crippen LogP contribution in [0.3, 0.4) is 0 Å². The van der Waals surface area contributed by atoms with Gasteiger partial charge < -0.3 is 4.90 Å². The first-order valence-corrected chi connectivity index (χ1v) is 11.3. The Balaban J connectivity index is 1.56. The van der Waals surface area contributed by atoms with Gasteiger partial charge in [0, 0.05) is 42.9 Å². The molecule has 1 atom stereocenters. The van der Waals surface area contributed by atoms with Crippen molar-refractivity contribution in [2.45, 2.75) is 44.8 Å². The molecule has 5 rings (SSSR count). The third-order valence-electron chi connectivity index (χ3n) is 6.03. The Morgan fingerprint density at radius 1 is 1.13 bits per heavy atom. The number of aryl methyl sites for hydroxylation is 2. The van der Waals surface area contributed by atoms with E-state index in [0.717, 1.165) is 35.3 Å². The van der Waals surface area contributed by atoms with E-state index in [0.29, 0.717) is 31.2 Å². The summed E-state index contributed by atoms with van der Waals surface area (Å²) in [5.41, 5.74) is 1.91. The molecular formula is C21H23F3N6S. The number of halogens is 3. The van der Waals surface area contributed by atoms with E-state index in [9.17, 15) is 13.2 Å². The Kier molecular flexibility index (Phi) is 5.29. The first-order valence-electron chi connectivity index (χ1n) is 10.5. The lowest BCUT2D eigenvalue weighted by molar-refractivity contribution is -0.150. The van der Waals surface area contributed by atoms with Crippen molar-refractivity contribution >= 4 is 27.4 Å². The average molecular weight is 449 g/mol. The maximum atomic E-state index is 12.9.